The van der Waals surface area contributed by atoms with Crippen molar-refractivity contribution in [1.29, 1.82) is 0 Å². The lowest BCUT2D eigenvalue weighted by Crippen LogP contribution is -2.26. The average Bonchev–Trinajstić information content (AvgIpc) is 3.31. The molecule has 43 heavy (non-hydrogen) atoms. The Bertz CT molecular complexity index is 1750. The van der Waals surface area contributed by atoms with Crippen LogP contribution in [-0.4, -0.2) is 0 Å². The monoisotopic (exact) mass is 560 g/mol. The van der Waals surface area contributed by atoms with Crippen LogP contribution in [0, 0.1) is 17.8 Å². The van der Waals surface area contributed by atoms with Gasteiger partial charge in [0.15, 0.2) is 0 Å². The lowest BCUT2D eigenvalue weighted by atomic mass is 9.67. The molecule has 0 fully saturated rings. The van der Waals surface area contributed by atoms with Crippen LogP contribution in [0.25, 0.3) is 22.3 Å². The van der Waals surface area contributed by atoms with Crippen LogP contribution in [-0.2, 0) is 0 Å². The molecule has 5 aromatic rings. The molecular formula is C41H40N2. The number of allylic oxidation sites excluding steroid dienone is 2. The molecule has 0 aromatic heterocycles. The summed E-state index contributed by atoms with van der Waals surface area (Å²) < 4.78 is 0. The zero-order chi connectivity index (χ0) is 29.5. The highest BCUT2D eigenvalue weighted by atomic mass is 14.9. The predicted molar refractivity (Wildman–Crippen MR) is 183 cm³/mol. The van der Waals surface area contributed by atoms with Gasteiger partial charge in [-0.25, -0.2) is 0 Å². The number of para-hydroxylation sites is 2. The molecule has 2 nitrogen and oxygen atoms in total. The minimum atomic E-state index is 0.497. The van der Waals surface area contributed by atoms with Gasteiger partial charge in [0.2, 0.25) is 0 Å². The zero-order valence-electron chi connectivity index (χ0n) is 25.5. The Labute approximate surface area is 256 Å². The van der Waals surface area contributed by atoms with Gasteiger partial charge in [-0.2, -0.15) is 0 Å². The molecule has 0 amide bonds. The van der Waals surface area contributed by atoms with E-state index in [-0.39, 0.29) is 0 Å². The topological polar surface area (TPSA) is 24.1 Å². The van der Waals surface area contributed by atoms with Crippen molar-refractivity contribution in [3.05, 3.63) is 144 Å². The van der Waals surface area contributed by atoms with Crippen LogP contribution >= 0.6 is 0 Å². The Kier molecular flexibility index (Phi) is 7.15. The third-order valence-electron chi connectivity index (χ3n) is 9.81. The van der Waals surface area contributed by atoms with Crippen molar-refractivity contribution in [2.24, 2.45) is 17.8 Å². The van der Waals surface area contributed by atoms with Crippen LogP contribution in [0.1, 0.15) is 50.7 Å². The fraction of sp³-hybridized carbons (Fsp3) is 0.220. The van der Waals surface area contributed by atoms with Gasteiger partial charge in [0, 0.05) is 28.7 Å². The number of nitrogens with one attached hydrogen (secondary N) is 2. The Morgan fingerprint density at radius 1 is 0.512 bits per heavy atom. The molecule has 2 aliphatic rings. The largest absolute Gasteiger partial charge is 0.356 e. The van der Waals surface area contributed by atoms with Crippen LogP contribution in [0.2, 0.25) is 0 Å². The summed E-state index contributed by atoms with van der Waals surface area (Å²) in [4.78, 5) is 0. The van der Waals surface area contributed by atoms with E-state index in [0.29, 0.717) is 29.6 Å². The van der Waals surface area contributed by atoms with E-state index >= 15 is 0 Å². The molecule has 2 heteroatoms. The molecule has 0 heterocycles. The molecule has 4 atom stereocenters. The summed E-state index contributed by atoms with van der Waals surface area (Å²) in [7, 11) is 0. The van der Waals surface area contributed by atoms with E-state index < -0.39 is 0 Å². The zero-order valence-corrected chi connectivity index (χ0v) is 25.5. The quantitative estimate of drug-likeness (QED) is 0.184. The van der Waals surface area contributed by atoms with Gasteiger partial charge in [-0.3, -0.25) is 0 Å². The van der Waals surface area contributed by atoms with Gasteiger partial charge in [-0.05, 0) is 113 Å². The number of benzene rings is 5. The Hall–Kier alpha value is -4.56. The first-order valence-corrected chi connectivity index (χ1v) is 15.7. The smallest absolute Gasteiger partial charge is 0.0384 e. The van der Waals surface area contributed by atoms with Gasteiger partial charge in [0.05, 0.1) is 0 Å². The Morgan fingerprint density at radius 3 is 1.40 bits per heavy atom. The first kappa shape index (κ1) is 27.3. The lowest BCUT2D eigenvalue weighted by molar-refractivity contribution is 0.286. The minimum Gasteiger partial charge on any atom is -0.356 e. The number of rotatable bonds is 8. The highest BCUT2D eigenvalue weighted by molar-refractivity contribution is 5.83. The molecule has 0 bridgehead atoms. The van der Waals surface area contributed by atoms with E-state index in [2.05, 4.69) is 154 Å². The van der Waals surface area contributed by atoms with Gasteiger partial charge in [0.1, 0.15) is 0 Å². The van der Waals surface area contributed by atoms with Crippen LogP contribution in [0.5, 0.6) is 0 Å². The van der Waals surface area contributed by atoms with Gasteiger partial charge in [-0.1, -0.05) is 105 Å². The van der Waals surface area contributed by atoms with E-state index in [4.69, 9.17) is 0 Å². The standard InChI is InChI=1S/C41H40N2/c1-26(2)28(4)39-37-25-27(3)38(37)40-35(29-15-19-33(20-16-29)42-31-11-7-5-8-12-31)23-24-36(41(39)40)30-17-21-34(22-18-30)43-32-13-9-6-10-14-32/h5-26,28,37-39,42-43H,1-4H3. The van der Waals surface area contributed by atoms with E-state index in [1.807, 2.05) is 12.1 Å². The van der Waals surface area contributed by atoms with Gasteiger partial charge < -0.3 is 10.6 Å². The first-order chi connectivity index (χ1) is 21.0. The molecule has 5 aromatic carbocycles. The average molecular weight is 561 g/mol. The second-order valence-corrected chi connectivity index (χ2v) is 12.7. The highest BCUT2D eigenvalue weighted by Crippen LogP contribution is 2.63. The fourth-order valence-electron chi connectivity index (χ4n) is 7.32. The summed E-state index contributed by atoms with van der Waals surface area (Å²) in [5.74, 6) is 2.79. The highest BCUT2D eigenvalue weighted by Gasteiger charge is 2.49. The van der Waals surface area contributed by atoms with E-state index in [0.717, 1.165) is 22.7 Å². The van der Waals surface area contributed by atoms with Crippen molar-refractivity contribution in [2.75, 3.05) is 10.6 Å². The van der Waals surface area contributed by atoms with E-state index in [1.54, 1.807) is 11.1 Å². The summed E-state index contributed by atoms with van der Waals surface area (Å²) in [6.45, 7) is 9.58. The molecule has 214 valence electrons. The molecule has 0 saturated carbocycles. The third-order valence-corrected chi connectivity index (χ3v) is 9.81. The van der Waals surface area contributed by atoms with Gasteiger partial charge in [-0.15, -0.1) is 0 Å². The van der Waals surface area contributed by atoms with Crippen molar-refractivity contribution in [3.63, 3.8) is 0 Å². The second kappa shape index (κ2) is 11.3. The molecule has 2 aliphatic carbocycles. The molecular weight excluding hydrogens is 520 g/mol. The number of hydrogen-bond acceptors (Lipinski definition) is 2. The maximum Gasteiger partial charge on any atom is 0.0384 e. The fourth-order valence-corrected chi connectivity index (χ4v) is 7.32. The molecule has 0 spiro atoms. The summed E-state index contributed by atoms with van der Waals surface area (Å²) in [5, 5.41) is 7.08. The molecule has 0 aliphatic heterocycles. The summed E-state index contributed by atoms with van der Waals surface area (Å²) in [6, 6.07) is 43.6. The van der Waals surface area contributed by atoms with Gasteiger partial charge >= 0.3 is 0 Å². The molecule has 4 unspecified atom stereocenters. The maximum atomic E-state index is 3.54. The van der Waals surface area contributed by atoms with E-state index in [1.165, 1.54) is 27.8 Å². The van der Waals surface area contributed by atoms with Crippen LogP contribution in [0.15, 0.2) is 133 Å². The van der Waals surface area contributed by atoms with Crippen molar-refractivity contribution in [1.82, 2.24) is 0 Å². The van der Waals surface area contributed by atoms with Crippen LogP contribution in [0.4, 0.5) is 22.7 Å². The van der Waals surface area contributed by atoms with Crippen LogP contribution in [0.3, 0.4) is 0 Å². The second-order valence-electron chi connectivity index (χ2n) is 12.7. The first-order valence-electron chi connectivity index (χ1n) is 15.7. The lowest BCUT2D eigenvalue weighted by Gasteiger charge is -2.36. The van der Waals surface area contributed by atoms with Crippen molar-refractivity contribution in [2.45, 2.75) is 39.5 Å². The Morgan fingerprint density at radius 2 is 0.953 bits per heavy atom. The van der Waals surface area contributed by atoms with E-state index in [9.17, 15) is 0 Å². The molecule has 2 N–H and O–H groups in total. The minimum absolute atomic E-state index is 0.497. The Balaban J connectivity index is 1.30. The molecule has 0 saturated heterocycles. The number of anilines is 4. The summed E-state index contributed by atoms with van der Waals surface area (Å²) >= 11 is 0. The number of hydrogen-bond donors (Lipinski definition) is 2. The SMILES string of the molecule is CC1=CC2C1c1c(-c3ccc(Nc4ccccc4)cc3)ccc(-c3ccc(Nc4ccccc4)cc3)c1C2C(C)C(C)C. The van der Waals surface area contributed by atoms with Crippen molar-refractivity contribution in [3.8, 4) is 22.3 Å². The molecule has 7 rings (SSSR count). The van der Waals surface area contributed by atoms with Crippen LogP contribution < -0.4 is 10.6 Å². The van der Waals surface area contributed by atoms with Gasteiger partial charge in [0.25, 0.3) is 0 Å². The predicted octanol–water partition coefficient (Wildman–Crippen LogP) is 11.6. The van der Waals surface area contributed by atoms with Crippen molar-refractivity contribution < 1.29 is 0 Å². The maximum absolute atomic E-state index is 3.54. The summed E-state index contributed by atoms with van der Waals surface area (Å²) in [5.41, 5.74) is 14.4. The molecule has 0 radical (unpaired) electrons. The van der Waals surface area contributed by atoms with Crippen molar-refractivity contribution >= 4 is 22.7 Å². The summed E-state index contributed by atoms with van der Waals surface area (Å²) in [6.07, 6.45) is 2.56. The number of fused-ring (bicyclic) bond motifs is 3. The normalized spacial score (nSPS) is 19.2. The third kappa shape index (κ3) is 5.06.